The first-order valence-electron chi connectivity index (χ1n) is 6.45. The molecule has 0 aliphatic carbocycles. The van der Waals surface area contributed by atoms with Crippen molar-refractivity contribution in [2.24, 2.45) is 0 Å². The van der Waals surface area contributed by atoms with Crippen LogP contribution in [-0.2, 0) is 4.74 Å². The van der Waals surface area contributed by atoms with E-state index in [1.54, 1.807) is 22.7 Å². The smallest absolute Gasteiger partial charge is 0.185 e. The van der Waals surface area contributed by atoms with Crippen molar-refractivity contribution in [2.75, 3.05) is 24.6 Å². The fraction of sp³-hybridized carbons (Fsp3) is 0.538. The zero-order valence-corrected chi connectivity index (χ0v) is 12.7. The van der Waals surface area contributed by atoms with Crippen molar-refractivity contribution in [3.63, 3.8) is 0 Å². The molecule has 1 atom stereocenters. The second kappa shape index (κ2) is 5.56. The number of anilines is 1. The Morgan fingerprint density at radius 1 is 1.42 bits per heavy atom. The molecule has 0 radical (unpaired) electrons. The van der Waals surface area contributed by atoms with Gasteiger partial charge in [0.2, 0.25) is 0 Å². The summed E-state index contributed by atoms with van der Waals surface area (Å²) in [5.41, 5.74) is 0. The molecule has 1 aliphatic rings. The van der Waals surface area contributed by atoms with E-state index in [9.17, 15) is 0 Å². The molecule has 0 amide bonds. The molecule has 19 heavy (non-hydrogen) atoms. The number of morpholine rings is 1. The van der Waals surface area contributed by atoms with E-state index in [4.69, 9.17) is 4.74 Å². The summed E-state index contributed by atoms with van der Waals surface area (Å²) in [5, 5.41) is 4.16. The number of nitrogens with zero attached hydrogens (tertiary/aromatic N) is 3. The van der Waals surface area contributed by atoms with E-state index in [-0.39, 0.29) is 6.10 Å². The first kappa shape index (κ1) is 13.0. The summed E-state index contributed by atoms with van der Waals surface area (Å²) in [6, 6.07) is 0. The van der Waals surface area contributed by atoms with Gasteiger partial charge in [-0.05, 0) is 5.92 Å². The summed E-state index contributed by atoms with van der Waals surface area (Å²) >= 11 is 3.45. The summed E-state index contributed by atoms with van der Waals surface area (Å²) in [6.07, 6.45) is 3.92. The summed E-state index contributed by atoms with van der Waals surface area (Å²) in [7, 11) is 0. The second-order valence-corrected chi connectivity index (χ2v) is 6.84. The Labute approximate surface area is 121 Å². The normalized spacial score (nSPS) is 20.2. The van der Waals surface area contributed by atoms with Crippen LogP contribution < -0.4 is 4.90 Å². The molecule has 0 aromatic carbocycles. The largest absolute Gasteiger partial charge is 0.367 e. The number of rotatable bonds is 3. The maximum absolute atomic E-state index is 5.81. The molecule has 1 saturated heterocycles. The molecule has 1 fully saturated rings. The minimum Gasteiger partial charge on any atom is -0.367 e. The summed E-state index contributed by atoms with van der Waals surface area (Å²) in [5.74, 6) is 0.544. The number of thiazole rings is 2. The van der Waals surface area contributed by atoms with Crippen LogP contribution in [0.2, 0.25) is 0 Å². The van der Waals surface area contributed by atoms with Crippen LogP contribution in [0.4, 0.5) is 5.13 Å². The van der Waals surface area contributed by atoms with Crippen molar-refractivity contribution < 1.29 is 4.74 Å². The van der Waals surface area contributed by atoms with Crippen LogP contribution in [0.5, 0.6) is 0 Å². The van der Waals surface area contributed by atoms with Gasteiger partial charge in [0.25, 0.3) is 0 Å². The van der Waals surface area contributed by atoms with Crippen LogP contribution in [0.3, 0.4) is 0 Å². The Bertz CT molecular complexity index is 524. The predicted molar refractivity (Wildman–Crippen MR) is 79.2 cm³/mol. The van der Waals surface area contributed by atoms with Gasteiger partial charge in [0.05, 0.1) is 13.2 Å². The molecule has 3 heterocycles. The Kier molecular flexibility index (Phi) is 3.81. The van der Waals surface area contributed by atoms with Gasteiger partial charge in [-0.2, -0.15) is 0 Å². The topological polar surface area (TPSA) is 38.2 Å². The van der Waals surface area contributed by atoms with E-state index < -0.39 is 0 Å². The highest BCUT2D eigenvalue weighted by atomic mass is 32.1. The maximum Gasteiger partial charge on any atom is 0.185 e. The zero-order chi connectivity index (χ0) is 13.2. The molecule has 0 saturated carbocycles. The molecule has 102 valence electrons. The Morgan fingerprint density at radius 2 is 2.32 bits per heavy atom. The molecule has 1 unspecified atom stereocenters. The molecule has 1 aliphatic heterocycles. The molecule has 0 N–H and O–H groups in total. The molecule has 3 rings (SSSR count). The number of aromatic nitrogens is 2. The molecule has 0 bridgehead atoms. The van der Waals surface area contributed by atoms with Gasteiger partial charge in [-0.25, -0.2) is 9.97 Å². The van der Waals surface area contributed by atoms with E-state index in [1.807, 2.05) is 17.8 Å². The number of hydrogen-bond donors (Lipinski definition) is 0. The quantitative estimate of drug-likeness (QED) is 0.871. The lowest BCUT2D eigenvalue weighted by Crippen LogP contribution is -2.38. The predicted octanol–water partition coefficient (Wildman–Crippen LogP) is 3.30. The average Bonchev–Trinajstić information content (AvgIpc) is 3.10. The SMILES string of the molecule is CC(C)c1cnc(N2CCOC(c3nccs3)C2)s1. The Hall–Kier alpha value is -0.980. The molecule has 4 nitrogen and oxygen atoms in total. The molecule has 6 heteroatoms. The van der Waals surface area contributed by atoms with Gasteiger partial charge in [0.15, 0.2) is 5.13 Å². The van der Waals surface area contributed by atoms with Gasteiger partial charge < -0.3 is 9.64 Å². The first-order chi connectivity index (χ1) is 9.24. The standard InChI is InChI=1S/C13H17N3OS2/c1-9(2)11-7-15-13(19-11)16-4-5-17-10(8-16)12-14-3-6-18-12/h3,6-7,9-10H,4-5,8H2,1-2H3. The van der Waals surface area contributed by atoms with E-state index >= 15 is 0 Å². The third-order valence-electron chi connectivity index (χ3n) is 3.14. The van der Waals surface area contributed by atoms with Crippen LogP contribution in [0, 0.1) is 0 Å². The van der Waals surface area contributed by atoms with E-state index in [0.717, 1.165) is 29.8 Å². The average molecular weight is 295 g/mol. The third kappa shape index (κ3) is 2.80. The van der Waals surface area contributed by atoms with Gasteiger partial charge in [0.1, 0.15) is 11.1 Å². The van der Waals surface area contributed by atoms with Crippen LogP contribution in [-0.4, -0.2) is 29.7 Å². The highest BCUT2D eigenvalue weighted by molar-refractivity contribution is 7.15. The van der Waals surface area contributed by atoms with Crippen LogP contribution in [0.25, 0.3) is 0 Å². The van der Waals surface area contributed by atoms with E-state index in [1.165, 1.54) is 4.88 Å². The van der Waals surface area contributed by atoms with Gasteiger partial charge in [0, 0.05) is 29.2 Å². The fourth-order valence-corrected chi connectivity index (χ4v) is 3.69. The first-order valence-corrected chi connectivity index (χ1v) is 8.15. The third-order valence-corrected chi connectivity index (χ3v) is 5.37. The lowest BCUT2D eigenvalue weighted by atomic mass is 10.2. The molecule has 2 aromatic heterocycles. The van der Waals surface area contributed by atoms with Crippen molar-refractivity contribution in [2.45, 2.75) is 25.9 Å². The number of hydrogen-bond acceptors (Lipinski definition) is 6. The minimum absolute atomic E-state index is 0.0835. The van der Waals surface area contributed by atoms with E-state index in [2.05, 4.69) is 28.7 Å². The molecular weight excluding hydrogens is 278 g/mol. The lowest BCUT2D eigenvalue weighted by Gasteiger charge is -2.31. The number of ether oxygens (including phenoxy) is 1. The maximum atomic E-state index is 5.81. The van der Waals surface area contributed by atoms with Gasteiger partial charge in [-0.3, -0.25) is 0 Å². The molecular formula is C13H17N3OS2. The second-order valence-electron chi connectivity index (χ2n) is 4.88. The van der Waals surface area contributed by atoms with Crippen LogP contribution in [0.1, 0.15) is 35.8 Å². The molecule has 0 spiro atoms. The van der Waals surface area contributed by atoms with Gasteiger partial charge in [-0.1, -0.05) is 13.8 Å². The van der Waals surface area contributed by atoms with Crippen molar-refractivity contribution in [1.29, 1.82) is 0 Å². The van der Waals surface area contributed by atoms with E-state index in [0.29, 0.717) is 5.92 Å². The zero-order valence-electron chi connectivity index (χ0n) is 11.1. The highest BCUT2D eigenvalue weighted by Crippen LogP contribution is 2.32. The van der Waals surface area contributed by atoms with Crippen LogP contribution >= 0.6 is 22.7 Å². The summed E-state index contributed by atoms with van der Waals surface area (Å²) in [4.78, 5) is 12.6. The van der Waals surface area contributed by atoms with Crippen molar-refractivity contribution in [3.05, 3.63) is 27.7 Å². The summed E-state index contributed by atoms with van der Waals surface area (Å²) in [6.45, 7) is 6.90. The monoisotopic (exact) mass is 295 g/mol. The summed E-state index contributed by atoms with van der Waals surface area (Å²) < 4.78 is 5.81. The van der Waals surface area contributed by atoms with Gasteiger partial charge in [-0.15, -0.1) is 22.7 Å². The van der Waals surface area contributed by atoms with Crippen molar-refractivity contribution in [3.8, 4) is 0 Å². The Balaban J connectivity index is 1.74. The van der Waals surface area contributed by atoms with Crippen molar-refractivity contribution in [1.82, 2.24) is 9.97 Å². The minimum atomic E-state index is 0.0835. The Morgan fingerprint density at radius 3 is 3.00 bits per heavy atom. The fourth-order valence-electron chi connectivity index (χ4n) is 2.06. The molecule has 2 aromatic rings. The van der Waals surface area contributed by atoms with Crippen LogP contribution in [0.15, 0.2) is 17.8 Å². The van der Waals surface area contributed by atoms with Gasteiger partial charge >= 0.3 is 0 Å². The lowest BCUT2D eigenvalue weighted by molar-refractivity contribution is 0.0396. The van der Waals surface area contributed by atoms with Crippen molar-refractivity contribution >= 4 is 27.8 Å². The highest BCUT2D eigenvalue weighted by Gasteiger charge is 2.25.